The summed E-state index contributed by atoms with van der Waals surface area (Å²) in [5, 5.41) is 4.89. The molecule has 0 spiro atoms. The molecule has 6 heteroatoms. The lowest BCUT2D eigenvalue weighted by Crippen LogP contribution is -2.30. The van der Waals surface area contributed by atoms with Gasteiger partial charge in [-0.1, -0.05) is 0 Å². The van der Waals surface area contributed by atoms with Crippen molar-refractivity contribution in [1.29, 1.82) is 0 Å². The Morgan fingerprint density at radius 1 is 1.31 bits per heavy atom. The van der Waals surface area contributed by atoms with Gasteiger partial charge in [-0.25, -0.2) is 13.6 Å². The van der Waals surface area contributed by atoms with Crippen molar-refractivity contribution in [3.05, 3.63) is 23.8 Å². The topological polar surface area (TPSA) is 67.1 Å². The van der Waals surface area contributed by atoms with E-state index in [1.165, 1.54) is 0 Å². The molecule has 2 amide bonds. The Labute approximate surface area is 90.8 Å². The molecule has 1 aromatic rings. The van der Waals surface area contributed by atoms with Crippen molar-refractivity contribution >= 4 is 17.4 Å². The fourth-order valence-electron chi connectivity index (χ4n) is 1.23. The fraction of sp³-hybridized carbons (Fsp3) is 0.300. The second-order valence-electron chi connectivity index (χ2n) is 3.73. The molecule has 0 atom stereocenters. The maximum absolute atomic E-state index is 13.2. The van der Waals surface area contributed by atoms with Gasteiger partial charge in [-0.15, -0.1) is 0 Å². The van der Waals surface area contributed by atoms with Crippen LogP contribution in [0, 0.1) is 11.6 Å². The molecule has 0 saturated heterocycles. The second kappa shape index (κ2) is 3.96. The molecule has 0 bridgehead atoms. The first-order valence-corrected chi connectivity index (χ1v) is 4.88. The van der Waals surface area contributed by atoms with Crippen LogP contribution < -0.4 is 16.4 Å². The molecule has 0 heterocycles. The average molecular weight is 227 g/mol. The van der Waals surface area contributed by atoms with Crippen molar-refractivity contribution in [2.24, 2.45) is 0 Å². The quantitative estimate of drug-likeness (QED) is 0.675. The number of rotatable bonds is 2. The van der Waals surface area contributed by atoms with Crippen LogP contribution >= 0.6 is 0 Å². The molecule has 1 aliphatic carbocycles. The van der Waals surface area contributed by atoms with Crippen molar-refractivity contribution in [2.75, 3.05) is 11.1 Å². The number of carbonyl (C=O) groups excluding carboxylic acids is 1. The molecule has 86 valence electrons. The van der Waals surface area contributed by atoms with Crippen molar-refractivity contribution in [1.82, 2.24) is 5.32 Å². The molecule has 1 saturated carbocycles. The van der Waals surface area contributed by atoms with Crippen LogP contribution in [0.4, 0.5) is 25.0 Å². The molecule has 2 rings (SSSR count). The SMILES string of the molecule is Nc1cc(NC(=O)NC2CC2)c(F)cc1F. The summed E-state index contributed by atoms with van der Waals surface area (Å²) in [6, 6.07) is 1.35. The summed E-state index contributed by atoms with van der Waals surface area (Å²) in [5.74, 6) is -1.69. The number of carbonyl (C=O) groups is 1. The first kappa shape index (κ1) is 10.7. The van der Waals surface area contributed by atoms with Gasteiger partial charge in [0.25, 0.3) is 0 Å². The van der Waals surface area contributed by atoms with E-state index in [0.29, 0.717) is 6.07 Å². The third kappa shape index (κ3) is 2.39. The molecule has 4 N–H and O–H groups in total. The number of hydrogen-bond acceptors (Lipinski definition) is 2. The molecular formula is C10H11F2N3O. The van der Waals surface area contributed by atoms with Crippen molar-refractivity contribution in [3.8, 4) is 0 Å². The second-order valence-corrected chi connectivity index (χ2v) is 3.73. The van der Waals surface area contributed by atoms with Gasteiger partial charge in [-0.2, -0.15) is 0 Å². The first-order valence-electron chi connectivity index (χ1n) is 4.88. The Morgan fingerprint density at radius 2 is 2.00 bits per heavy atom. The Morgan fingerprint density at radius 3 is 2.62 bits per heavy atom. The summed E-state index contributed by atoms with van der Waals surface area (Å²) in [4.78, 5) is 11.3. The van der Waals surface area contributed by atoms with E-state index in [9.17, 15) is 13.6 Å². The molecule has 0 radical (unpaired) electrons. The summed E-state index contributed by atoms with van der Waals surface area (Å²) in [7, 11) is 0. The Balaban J connectivity index is 2.07. The van der Waals surface area contributed by atoms with Gasteiger partial charge in [-0.05, 0) is 18.9 Å². The standard InChI is InChI=1S/C10H11F2N3O/c11-6-3-7(12)9(4-8(6)13)15-10(16)14-5-1-2-5/h3-5H,1-2,13H2,(H2,14,15,16). The number of hydrogen-bond donors (Lipinski definition) is 3. The molecule has 0 aromatic heterocycles. The number of halogens is 2. The summed E-state index contributed by atoms with van der Waals surface area (Å²) < 4.78 is 26.0. The molecule has 16 heavy (non-hydrogen) atoms. The lowest BCUT2D eigenvalue weighted by molar-refractivity contribution is 0.251. The van der Waals surface area contributed by atoms with Crippen LogP contribution in [0.2, 0.25) is 0 Å². The molecule has 1 fully saturated rings. The highest BCUT2D eigenvalue weighted by Gasteiger charge is 2.23. The number of nitrogens with one attached hydrogen (secondary N) is 2. The Bertz CT molecular complexity index is 432. The highest BCUT2D eigenvalue weighted by atomic mass is 19.1. The molecule has 0 aliphatic heterocycles. The van der Waals surface area contributed by atoms with Crippen LogP contribution in [0.15, 0.2) is 12.1 Å². The molecule has 1 aliphatic rings. The summed E-state index contributed by atoms with van der Waals surface area (Å²) in [5.41, 5.74) is 4.93. The van der Waals surface area contributed by atoms with Crippen LogP contribution in [-0.4, -0.2) is 12.1 Å². The van der Waals surface area contributed by atoms with Crippen LogP contribution in [0.1, 0.15) is 12.8 Å². The lowest BCUT2D eigenvalue weighted by Gasteiger charge is -2.08. The smallest absolute Gasteiger partial charge is 0.319 e. The molecule has 1 aromatic carbocycles. The van der Waals surface area contributed by atoms with Gasteiger partial charge in [0.15, 0.2) is 0 Å². The zero-order valence-corrected chi connectivity index (χ0v) is 8.39. The maximum Gasteiger partial charge on any atom is 0.319 e. The van der Waals surface area contributed by atoms with Crippen LogP contribution in [0.25, 0.3) is 0 Å². The monoisotopic (exact) mass is 227 g/mol. The molecular weight excluding hydrogens is 216 g/mol. The predicted octanol–water partition coefficient (Wildman–Crippen LogP) is 1.83. The Hall–Kier alpha value is -1.85. The molecule has 0 unspecified atom stereocenters. The highest BCUT2D eigenvalue weighted by Crippen LogP contribution is 2.22. The van der Waals surface area contributed by atoms with E-state index in [1.54, 1.807) is 0 Å². The number of benzene rings is 1. The van der Waals surface area contributed by atoms with Gasteiger partial charge in [-0.3, -0.25) is 0 Å². The number of nitrogens with two attached hydrogens (primary N) is 1. The van der Waals surface area contributed by atoms with Crippen LogP contribution in [0.3, 0.4) is 0 Å². The van der Waals surface area contributed by atoms with E-state index in [-0.39, 0.29) is 17.4 Å². The third-order valence-electron chi connectivity index (χ3n) is 2.25. The number of amides is 2. The zero-order chi connectivity index (χ0) is 11.7. The largest absolute Gasteiger partial charge is 0.396 e. The van der Waals surface area contributed by atoms with Crippen LogP contribution in [0.5, 0.6) is 0 Å². The summed E-state index contributed by atoms with van der Waals surface area (Å²) in [6.45, 7) is 0. The minimum Gasteiger partial charge on any atom is -0.396 e. The summed E-state index contributed by atoms with van der Waals surface area (Å²) >= 11 is 0. The van der Waals surface area contributed by atoms with Crippen molar-refractivity contribution < 1.29 is 13.6 Å². The van der Waals surface area contributed by atoms with E-state index in [2.05, 4.69) is 10.6 Å². The fourth-order valence-corrected chi connectivity index (χ4v) is 1.23. The number of anilines is 2. The van der Waals surface area contributed by atoms with E-state index in [4.69, 9.17) is 5.73 Å². The number of urea groups is 1. The minimum absolute atomic E-state index is 0.128. The van der Waals surface area contributed by atoms with Gasteiger partial charge in [0, 0.05) is 12.1 Å². The van der Waals surface area contributed by atoms with Crippen LogP contribution in [-0.2, 0) is 0 Å². The molecule has 4 nitrogen and oxygen atoms in total. The van der Waals surface area contributed by atoms with Gasteiger partial charge in [0.05, 0.1) is 11.4 Å². The Kier molecular flexibility index (Phi) is 2.64. The van der Waals surface area contributed by atoms with E-state index < -0.39 is 17.7 Å². The maximum atomic E-state index is 13.2. The minimum atomic E-state index is -0.849. The van der Waals surface area contributed by atoms with E-state index in [0.717, 1.165) is 18.9 Å². The lowest BCUT2D eigenvalue weighted by atomic mass is 10.2. The summed E-state index contributed by atoms with van der Waals surface area (Å²) in [6.07, 6.45) is 1.86. The van der Waals surface area contributed by atoms with Gasteiger partial charge in [0.2, 0.25) is 0 Å². The third-order valence-corrected chi connectivity index (χ3v) is 2.25. The normalized spacial score (nSPS) is 14.6. The van der Waals surface area contributed by atoms with Crippen molar-refractivity contribution in [2.45, 2.75) is 18.9 Å². The zero-order valence-electron chi connectivity index (χ0n) is 8.39. The van der Waals surface area contributed by atoms with Gasteiger partial charge < -0.3 is 16.4 Å². The predicted molar refractivity (Wildman–Crippen MR) is 55.9 cm³/mol. The van der Waals surface area contributed by atoms with Gasteiger partial charge in [0.1, 0.15) is 11.6 Å². The first-order chi connectivity index (χ1) is 7.56. The van der Waals surface area contributed by atoms with Crippen molar-refractivity contribution in [3.63, 3.8) is 0 Å². The van der Waals surface area contributed by atoms with Gasteiger partial charge >= 0.3 is 6.03 Å². The average Bonchev–Trinajstić information content (AvgIpc) is 2.98. The van der Waals surface area contributed by atoms with E-state index >= 15 is 0 Å². The highest BCUT2D eigenvalue weighted by molar-refractivity contribution is 5.90. The van der Waals surface area contributed by atoms with E-state index in [1.807, 2.05) is 0 Å². The number of nitrogen functional groups attached to an aromatic ring is 1.